The summed E-state index contributed by atoms with van der Waals surface area (Å²) in [5.41, 5.74) is 4.84. The van der Waals surface area contributed by atoms with E-state index in [0.29, 0.717) is 5.69 Å². The molecule has 0 aliphatic heterocycles. The summed E-state index contributed by atoms with van der Waals surface area (Å²) in [5, 5.41) is 6.17. The lowest BCUT2D eigenvalue weighted by Gasteiger charge is -2.11. The lowest BCUT2D eigenvalue weighted by atomic mass is 10.1. The summed E-state index contributed by atoms with van der Waals surface area (Å²) in [5.74, 6) is -0.0814. The molecule has 4 nitrogen and oxygen atoms in total. The summed E-state index contributed by atoms with van der Waals surface area (Å²) >= 11 is 3.30. The van der Waals surface area contributed by atoms with Crippen LogP contribution >= 0.6 is 22.7 Å². The van der Waals surface area contributed by atoms with Crippen LogP contribution in [0.2, 0.25) is 0 Å². The molecule has 0 aliphatic rings. The highest BCUT2D eigenvalue weighted by Crippen LogP contribution is 2.28. The molecule has 0 bridgehead atoms. The smallest absolute Gasteiger partial charge is 0.272 e. The number of hydrogen-bond donors (Lipinski definition) is 1. The number of aromatic nitrogens is 2. The number of carbonyl (C=O) groups is 1. The molecule has 2 aromatic carbocycles. The van der Waals surface area contributed by atoms with E-state index in [1.807, 2.05) is 37.3 Å². The monoisotopic (exact) mass is 417 g/mol. The Hall–Kier alpha value is -2.96. The molecule has 0 atom stereocenters. The van der Waals surface area contributed by atoms with Crippen molar-refractivity contribution < 1.29 is 4.79 Å². The van der Waals surface area contributed by atoms with Crippen LogP contribution in [0.1, 0.15) is 21.1 Å². The highest BCUT2D eigenvalue weighted by molar-refractivity contribution is 7.18. The predicted octanol–water partition coefficient (Wildman–Crippen LogP) is 6.12. The second kappa shape index (κ2) is 7.46. The molecule has 6 heteroatoms. The summed E-state index contributed by atoms with van der Waals surface area (Å²) in [7, 11) is 0. The topological polar surface area (TPSA) is 46.9 Å². The number of amides is 1. The van der Waals surface area contributed by atoms with Gasteiger partial charge in [-0.1, -0.05) is 30.3 Å². The van der Waals surface area contributed by atoms with E-state index in [-0.39, 0.29) is 5.91 Å². The number of hydrogen-bond acceptors (Lipinski definition) is 4. The van der Waals surface area contributed by atoms with Crippen LogP contribution in [-0.4, -0.2) is 15.5 Å². The third kappa shape index (κ3) is 3.57. The van der Waals surface area contributed by atoms with Gasteiger partial charge in [0.1, 0.15) is 5.69 Å². The van der Waals surface area contributed by atoms with Gasteiger partial charge < -0.3 is 9.88 Å². The predicted molar refractivity (Wildman–Crippen MR) is 122 cm³/mol. The van der Waals surface area contributed by atoms with E-state index < -0.39 is 0 Å². The molecule has 3 aromatic heterocycles. The summed E-state index contributed by atoms with van der Waals surface area (Å²) in [6.45, 7) is 2.76. The van der Waals surface area contributed by atoms with Crippen molar-refractivity contribution in [3.05, 3.63) is 82.3 Å². The van der Waals surface area contributed by atoms with Crippen LogP contribution in [0.15, 0.2) is 66.0 Å². The number of aryl methyl sites for hydroxylation is 3. The third-order valence-corrected chi connectivity index (χ3v) is 6.76. The lowest BCUT2D eigenvalue weighted by Crippen LogP contribution is -2.17. The molecule has 29 heavy (non-hydrogen) atoms. The number of nitrogens with one attached hydrogen (secondary N) is 1. The minimum absolute atomic E-state index is 0.0814. The van der Waals surface area contributed by atoms with Gasteiger partial charge in [0.05, 0.1) is 25.4 Å². The van der Waals surface area contributed by atoms with Crippen molar-refractivity contribution in [2.45, 2.75) is 19.9 Å². The Morgan fingerprint density at radius 1 is 1.07 bits per heavy atom. The minimum Gasteiger partial charge on any atom is -0.335 e. The van der Waals surface area contributed by atoms with Gasteiger partial charge in [0, 0.05) is 12.2 Å². The first-order chi connectivity index (χ1) is 14.2. The van der Waals surface area contributed by atoms with Crippen LogP contribution in [0.25, 0.3) is 20.4 Å². The van der Waals surface area contributed by atoms with Gasteiger partial charge in [-0.25, -0.2) is 4.98 Å². The first-order valence-electron chi connectivity index (χ1n) is 9.46. The quantitative estimate of drug-likeness (QED) is 0.375. The minimum atomic E-state index is -0.0814. The van der Waals surface area contributed by atoms with E-state index in [2.05, 4.69) is 50.6 Å². The maximum atomic E-state index is 13.1. The molecule has 0 spiro atoms. The van der Waals surface area contributed by atoms with Crippen LogP contribution in [0.4, 0.5) is 5.69 Å². The Labute approximate surface area is 176 Å². The Morgan fingerprint density at radius 3 is 2.79 bits per heavy atom. The van der Waals surface area contributed by atoms with Gasteiger partial charge in [0.15, 0.2) is 0 Å². The Kier molecular flexibility index (Phi) is 4.66. The van der Waals surface area contributed by atoms with Crippen molar-refractivity contribution >= 4 is 54.7 Å². The van der Waals surface area contributed by atoms with Gasteiger partial charge in [0.25, 0.3) is 5.91 Å². The molecule has 0 fully saturated rings. The van der Waals surface area contributed by atoms with Crippen LogP contribution < -0.4 is 5.32 Å². The summed E-state index contributed by atoms with van der Waals surface area (Å²) in [4.78, 5) is 17.6. The van der Waals surface area contributed by atoms with Crippen LogP contribution in [0.3, 0.4) is 0 Å². The molecule has 3 heterocycles. The van der Waals surface area contributed by atoms with Crippen LogP contribution in [-0.2, 0) is 13.0 Å². The van der Waals surface area contributed by atoms with Gasteiger partial charge in [0.2, 0.25) is 0 Å². The largest absolute Gasteiger partial charge is 0.335 e. The highest BCUT2D eigenvalue weighted by Gasteiger charge is 2.17. The number of carbonyl (C=O) groups excluding carboxylic acids is 1. The fourth-order valence-corrected chi connectivity index (χ4v) is 5.29. The summed E-state index contributed by atoms with van der Waals surface area (Å²) < 4.78 is 4.35. The highest BCUT2D eigenvalue weighted by atomic mass is 32.1. The van der Waals surface area contributed by atoms with Crippen LogP contribution in [0, 0.1) is 6.92 Å². The first kappa shape index (κ1) is 18.1. The van der Waals surface area contributed by atoms with E-state index in [1.165, 1.54) is 5.56 Å². The Bertz CT molecular complexity index is 1310. The normalized spacial score (nSPS) is 11.3. The zero-order chi connectivity index (χ0) is 19.8. The molecule has 1 N–H and O–H groups in total. The molecule has 0 saturated carbocycles. The molecule has 0 unspecified atom stereocenters. The maximum absolute atomic E-state index is 13.1. The molecular formula is C23H19N3OS2. The van der Waals surface area contributed by atoms with E-state index >= 15 is 0 Å². The van der Waals surface area contributed by atoms with Gasteiger partial charge >= 0.3 is 0 Å². The van der Waals surface area contributed by atoms with Crippen molar-refractivity contribution in [1.29, 1.82) is 0 Å². The van der Waals surface area contributed by atoms with Gasteiger partial charge in [-0.15, -0.1) is 22.7 Å². The van der Waals surface area contributed by atoms with Gasteiger partial charge in [-0.3, -0.25) is 4.79 Å². The summed E-state index contributed by atoms with van der Waals surface area (Å²) in [6.07, 6.45) is 0.882. The maximum Gasteiger partial charge on any atom is 0.272 e. The van der Waals surface area contributed by atoms with E-state index in [1.54, 1.807) is 22.7 Å². The zero-order valence-corrected chi connectivity index (χ0v) is 17.5. The molecule has 144 valence electrons. The molecule has 5 aromatic rings. The molecule has 0 radical (unpaired) electrons. The number of nitrogens with zero attached hydrogens (tertiary/aromatic N) is 2. The van der Waals surface area contributed by atoms with E-state index in [9.17, 15) is 4.79 Å². The summed E-state index contributed by atoms with van der Waals surface area (Å²) in [6, 6.07) is 20.3. The number of fused-ring (bicyclic) bond motifs is 2. The van der Waals surface area contributed by atoms with E-state index in [4.69, 9.17) is 0 Å². The number of rotatable bonds is 5. The zero-order valence-electron chi connectivity index (χ0n) is 15.9. The fraction of sp³-hybridized carbons (Fsp3) is 0.130. The Balaban J connectivity index is 1.43. The SMILES string of the molecule is Cc1nc2ccc(NC(=O)c3cc4sccc4n3CCc3ccccc3)cc2s1. The second-order valence-electron chi connectivity index (χ2n) is 6.96. The van der Waals surface area contributed by atoms with Gasteiger partial charge in [-0.2, -0.15) is 0 Å². The first-order valence-corrected chi connectivity index (χ1v) is 11.2. The number of thiophene rings is 1. The molecule has 0 aliphatic carbocycles. The van der Waals surface area contributed by atoms with Crippen molar-refractivity contribution in [2.24, 2.45) is 0 Å². The molecule has 5 rings (SSSR count). The van der Waals surface area contributed by atoms with Crippen molar-refractivity contribution in [1.82, 2.24) is 9.55 Å². The third-order valence-electron chi connectivity index (χ3n) is 4.98. The van der Waals surface area contributed by atoms with Crippen molar-refractivity contribution in [3.8, 4) is 0 Å². The average molecular weight is 418 g/mol. The Morgan fingerprint density at radius 2 is 1.93 bits per heavy atom. The molecule has 0 saturated heterocycles. The number of thiazole rings is 1. The van der Waals surface area contributed by atoms with Gasteiger partial charge in [-0.05, 0) is 54.6 Å². The molecular weight excluding hydrogens is 398 g/mol. The van der Waals surface area contributed by atoms with Crippen molar-refractivity contribution in [2.75, 3.05) is 5.32 Å². The standard InChI is InChI=1S/C23H19N3OS2/c1-15-24-18-8-7-17(13-21(18)29-15)25-23(27)20-14-22-19(10-12-28-22)26(20)11-9-16-5-3-2-4-6-16/h2-8,10,12-14H,9,11H2,1H3,(H,25,27). The van der Waals surface area contributed by atoms with E-state index in [0.717, 1.165) is 44.1 Å². The van der Waals surface area contributed by atoms with Crippen LogP contribution in [0.5, 0.6) is 0 Å². The lowest BCUT2D eigenvalue weighted by molar-refractivity contribution is 0.101. The fourth-order valence-electron chi connectivity index (χ4n) is 3.60. The number of anilines is 1. The van der Waals surface area contributed by atoms with Crippen molar-refractivity contribution in [3.63, 3.8) is 0 Å². The molecule has 1 amide bonds. The number of benzene rings is 2. The second-order valence-corrected chi connectivity index (χ2v) is 9.14. The average Bonchev–Trinajstić information content (AvgIpc) is 3.40.